The van der Waals surface area contributed by atoms with Crippen molar-refractivity contribution in [3.8, 4) is 0 Å². The van der Waals surface area contributed by atoms with Crippen molar-refractivity contribution in [2.24, 2.45) is 0 Å². The predicted octanol–water partition coefficient (Wildman–Crippen LogP) is 3.82. The smallest absolute Gasteiger partial charge is 0.303 e. The maximum Gasteiger partial charge on any atom is 0.303 e. The van der Waals surface area contributed by atoms with Gasteiger partial charge in [0.05, 0.1) is 5.50 Å². The van der Waals surface area contributed by atoms with Crippen molar-refractivity contribution in [3.63, 3.8) is 0 Å². The molecule has 0 heterocycles. The molecular formula is C18H33BO3. The summed E-state index contributed by atoms with van der Waals surface area (Å²) in [6.45, 7) is 2.19. The van der Waals surface area contributed by atoms with Gasteiger partial charge in [0.1, 0.15) is 0 Å². The highest BCUT2D eigenvalue weighted by atomic mass is 16.4. The van der Waals surface area contributed by atoms with E-state index in [0.717, 1.165) is 44.9 Å². The molecule has 4 heteroatoms. The fourth-order valence-corrected chi connectivity index (χ4v) is 2.28. The van der Waals surface area contributed by atoms with Crippen molar-refractivity contribution < 1.29 is 15.0 Å². The molecule has 0 fully saturated rings. The summed E-state index contributed by atoms with van der Waals surface area (Å²) in [5.41, 5.74) is -0.840. The second kappa shape index (κ2) is 13.6. The van der Waals surface area contributed by atoms with Crippen molar-refractivity contribution in [2.45, 2.75) is 83.1 Å². The summed E-state index contributed by atoms with van der Waals surface area (Å²) in [5, 5.41) is 18.7. The van der Waals surface area contributed by atoms with Crippen LogP contribution in [0.15, 0.2) is 24.3 Å². The van der Waals surface area contributed by atoms with Crippen LogP contribution in [0.5, 0.6) is 0 Å². The number of hydrogen-bond donors (Lipinski definition) is 2. The molecule has 0 amide bonds. The lowest BCUT2D eigenvalue weighted by atomic mass is 9.80. The van der Waals surface area contributed by atoms with Gasteiger partial charge in [-0.15, -0.1) is 0 Å². The Morgan fingerprint density at radius 2 is 1.45 bits per heavy atom. The molecule has 0 saturated carbocycles. The molecule has 22 heavy (non-hydrogen) atoms. The third kappa shape index (κ3) is 15.4. The first-order valence-electron chi connectivity index (χ1n) is 8.77. The Morgan fingerprint density at radius 3 is 2.00 bits per heavy atom. The molecule has 126 valence electrons. The van der Waals surface area contributed by atoms with Gasteiger partial charge >= 0.3 is 5.97 Å². The Kier molecular flexibility index (Phi) is 13.0. The standard InChI is InChI=1S/C18H33BO3/c1-2-3-4-9-12-15-18(19,22)16-13-10-7-5-6-8-11-14-17(20)21/h12-13,15-16,22H,2-11,14,19H2,1H3,(H,20,21)/b15-12-,16-13-. The van der Waals surface area contributed by atoms with E-state index >= 15 is 0 Å². The highest BCUT2D eigenvalue weighted by Crippen LogP contribution is 2.10. The number of rotatable bonds is 14. The van der Waals surface area contributed by atoms with Gasteiger partial charge in [-0.1, -0.05) is 63.3 Å². The lowest BCUT2D eigenvalue weighted by molar-refractivity contribution is -0.137. The van der Waals surface area contributed by atoms with Crippen molar-refractivity contribution >= 4 is 13.8 Å². The first-order valence-corrected chi connectivity index (χ1v) is 8.77. The third-order valence-corrected chi connectivity index (χ3v) is 3.65. The summed E-state index contributed by atoms with van der Waals surface area (Å²) in [7, 11) is 1.81. The summed E-state index contributed by atoms with van der Waals surface area (Å²) in [5.74, 6) is -0.701. The van der Waals surface area contributed by atoms with Gasteiger partial charge in [0.2, 0.25) is 0 Å². The second-order valence-electron chi connectivity index (χ2n) is 6.23. The van der Waals surface area contributed by atoms with E-state index in [1.807, 2.05) is 26.1 Å². The highest BCUT2D eigenvalue weighted by Gasteiger charge is 2.10. The van der Waals surface area contributed by atoms with Crippen molar-refractivity contribution in [1.29, 1.82) is 0 Å². The molecule has 1 atom stereocenters. The molecule has 0 aliphatic rings. The van der Waals surface area contributed by atoms with Crippen molar-refractivity contribution in [2.75, 3.05) is 0 Å². The van der Waals surface area contributed by atoms with E-state index in [9.17, 15) is 9.90 Å². The first-order chi connectivity index (χ1) is 10.5. The lowest BCUT2D eigenvalue weighted by Crippen LogP contribution is -2.22. The van der Waals surface area contributed by atoms with E-state index < -0.39 is 11.5 Å². The summed E-state index contributed by atoms with van der Waals surface area (Å²) >= 11 is 0. The molecule has 1 unspecified atom stereocenters. The predicted molar refractivity (Wildman–Crippen MR) is 95.9 cm³/mol. The van der Waals surface area contributed by atoms with Gasteiger partial charge in [-0.3, -0.25) is 4.79 Å². The fourth-order valence-electron chi connectivity index (χ4n) is 2.28. The Labute approximate surface area is 136 Å². The van der Waals surface area contributed by atoms with Gasteiger partial charge in [0.15, 0.2) is 7.85 Å². The van der Waals surface area contributed by atoms with Gasteiger partial charge in [-0.2, -0.15) is 0 Å². The number of hydrogen-bond acceptors (Lipinski definition) is 2. The number of carbonyl (C=O) groups is 1. The van der Waals surface area contributed by atoms with E-state index in [-0.39, 0.29) is 6.42 Å². The normalized spacial score (nSPS) is 14.6. The van der Waals surface area contributed by atoms with Crippen LogP contribution in [0, 0.1) is 0 Å². The van der Waals surface area contributed by atoms with Crippen LogP contribution in [-0.4, -0.2) is 29.5 Å². The molecular weight excluding hydrogens is 275 g/mol. The minimum Gasteiger partial charge on any atom is -0.481 e. The van der Waals surface area contributed by atoms with Crippen LogP contribution in [-0.2, 0) is 4.79 Å². The van der Waals surface area contributed by atoms with Crippen molar-refractivity contribution in [3.05, 3.63) is 24.3 Å². The van der Waals surface area contributed by atoms with Crippen LogP contribution >= 0.6 is 0 Å². The average Bonchev–Trinajstić information content (AvgIpc) is 2.45. The zero-order valence-electron chi connectivity index (χ0n) is 14.4. The molecule has 0 rings (SSSR count). The highest BCUT2D eigenvalue weighted by molar-refractivity contribution is 6.17. The van der Waals surface area contributed by atoms with Gasteiger partial charge < -0.3 is 10.2 Å². The summed E-state index contributed by atoms with van der Waals surface area (Å²) in [6, 6.07) is 0. The van der Waals surface area contributed by atoms with Gasteiger partial charge in [-0.05, 0) is 32.1 Å². The Balaban J connectivity index is 3.62. The average molecular weight is 308 g/mol. The van der Waals surface area contributed by atoms with E-state index in [0.29, 0.717) is 0 Å². The van der Waals surface area contributed by atoms with Crippen LogP contribution in [0.25, 0.3) is 0 Å². The number of carboxylic acid groups (broad SMARTS) is 1. The maximum absolute atomic E-state index is 10.4. The van der Waals surface area contributed by atoms with E-state index in [2.05, 4.69) is 13.0 Å². The lowest BCUT2D eigenvalue weighted by Gasteiger charge is -2.13. The molecule has 0 saturated heterocycles. The topological polar surface area (TPSA) is 57.5 Å². The molecule has 0 spiro atoms. The van der Waals surface area contributed by atoms with Gasteiger partial charge in [0.25, 0.3) is 0 Å². The zero-order valence-corrected chi connectivity index (χ0v) is 14.4. The Morgan fingerprint density at radius 1 is 0.955 bits per heavy atom. The minimum atomic E-state index is -0.840. The fraction of sp³-hybridized carbons (Fsp3) is 0.722. The monoisotopic (exact) mass is 308 g/mol. The van der Waals surface area contributed by atoms with Crippen LogP contribution in [0.2, 0.25) is 0 Å². The number of unbranched alkanes of at least 4 members (excludes halogenated alkanes) is 8. The van der Waals surface area contributed by atoms with E-state index in [1.54, 1.807) is 0 Å². The summed E-state index contributed by atoms with van der Waals surface area (Å²) in [4.78, 5) is 10.4. The van der Waals surface area contributed by atoms with Crippen LogP contribution in [0.3, 0.4) is 0 Å². The van der Waals surface area contributed by atoms with E-state index in [4.69, 9.17) is 5.11 Å². The molecule has 0 aromatic heterocycles. The zero-order chi connectivity index (χ0) is 16.7. The van der Waals surface area contributed by atoms with Crippen LogP contribution in [0.1, 0.15) is 77.6 Å². The van der Waals surface area contributed by atoms with Crippen molar-refractivity contribution in [1.82, 2.24) is 0 Å². The molecule has 0 aliphatic carbocycles. The number of aliphatic carboxylic acids is 1. The maximum atomic E-state index is 10.4. The number of aliphatic hydroxyl groups is 1. The number of allylic oxidation sites excluding steroid dienone is 2. The van der Waals surface area contributed by atoms with E-state index in [1.165, 1.54) is 19.3 Å². The molecule has 0 aromatic carbocycles. The minimum absolute atomic E-state index is 0.285. The molecule has 2 N–H and O–H groups in total. The molecule has 3 nitrogen and oxygen atoms in total. The van der Waals surface area contributed by atoms with Gasteiger partial charge in [0, 0.05) is 6.42 Å². The summed E-state index contributed by atoms with van der Waals surface area (Å²) in [6.07, 6.45) is 18.9. The quantitative estimate of drug-likeness (QED) is 0.291. The molecule has 0 bridgehead atoms. The Bertz CT molecular complexity index is 335. The van der Waals surface area contributed by atoms with Crippen LogP contribution in [0.4, 0.5) is 0 Å². The van der Waals surface area contributed by atoms with Crippen LogP contribution < -0.4 is 0 Å². The largest absolute Gasteiger partial charge is 0.481 e. The third-order valence-electron chi connectivity index (χ3n) is 3.65. The molecule has 0 aliphatic heterocycles. The molecule has 0 radical (unpaired) electrons. The van der Waals surface area contributed by atoms with Gasteiger partial charge in [-0.25, -0.2) is 0 Å². The Hall–Kier alpha value is -1.03. The first kappa shape index (κ1) is 21.0. The second-order valence-corrected chi connectivity index (χ2v) is 6.23. The SMILES string of the molecule is BC(O)(/C=C\CCCCC)/C=C\CCCCCCCC(=O)O. The summed E-state index contributed by atoms with van der Waals surface area (Å²) < 4.78 is 0. The molecule has 0 aromatic rings. The number of carboxylic acids is 1.